The second kappa shape index (κ2) is 3.55. The van der Waals surface area contributed by atoms with E-state index < -0.39 is 0 Å². The third kappa shape index (κ3) is 1.35. The minimum absolute atomic E-state index is 0.708. The van der Waals surface area contributed by atoms with E-state index in [0.717, 1.165) is 21.9 Å². The van der Waals surface area contributed by atoms with Crippen LogP contribution < -0.4 is 0 Å². The zero-order valence-electron chi connectivity index (χ0n) is 8.01. The van der Waals surface area contributed by atoms with Crippen molar-refractivity contribution >= 4 is 38.6 Å². The molecular weight excluding hydrogens is 263 g/mol. The number of rotatable bonds is 1. The van der Waals surface area contributed by atoms with Gasteiger partial charge < -0.3 is 4.57 Å². The van der Waals surface area contributed by atoms with Gasteiger partial charge >= 0.3 is 0 Å². The summed E-state index contributed by atoms with van der Waals surface area (Å²) in [5, 5.41) is 0.708. The second-order valence-corrected chi connectivity index (χ2v) is 4.41. The van der Waals surface area contributed by atoms with Crippen LogP contribution >= 0.6 is 27.5 Å². The molecule has 0 radical (unpaired) electrons. The largest absolute Gasteiger partial charge is 0.334 e. The van der Waals surface area contributed by atoms with Crippen LogP contribution in [-0.4, -0.2) is 9.55 Å². The highest BCUT2D eigenvalue weighted by Gasteiger charge is 2.11. The first-order chi connectivity index (χ1) is 6.65. The van der Waals surface area contributed by atoms with Crippen LogP contribution in [0.25, 0.3) is 11.0 Å². The number of benzene rings is 1. The van der Waals surface area contributed by atoms with Crippen molar-refractivity contribution in [3.8, 4) is 0 Å². The molecule has 1 heterocycles. The zero-order valence-corrected chi connectivity index (χ0v) is 10.4. The van der Waals surface area contributed by atoms with E-state index in [9.17, 15) is 0 Å². The van der Waals surface area contributed by atoms with Crippen LogP contribution in [0.5, 0.6) is 0 Å². The summed E-state index contributed by atoms with van der Waals surface area (Å²) in [4.78, 5) is 4.26. The third-order valence-electron chi connectivity index (χ3n) is 2.36. The van der Waals surface area contributed by atoms with E-state index in [-0.39, 0.29) is 0 Å². The molecule has 0 saturated carbocycles. The predicted molar refractivity (Wildman–Crippen MR) is 62.8 cm³/mol. The molecular formula is C10H10BrClN2. The summed E-state index contributed by atoms with van der Waals surface area (Å²) in [6.45, 7) is 2.11. The van der Waals surface area contributed by atoms with Crippen molar-refractivity contribution in [2.75, 3.05) is 0 Å². The molecule has 0 amide bonds. The highest BCUT2D eigenvalue weighted by Crippen LogP contribution is 2.33. The molecule has 0 unspecified atom stereocenters. The van der Waals surface area contributed by atoms with Crippen molar-refractivity contribution in [3.63, 3.8) is 0 Å². The topological polar surface area (TPSA) is 17.8 Å². The Morgan fingerprint density at radius 3 is 2.93 bits per heavy atom. The van der Waals surface area contributed by atoms with Gasteiger partial charge in [0.05, 0.1) is 16.9 Å². The lowest BCUT2D eigenvalue weighted by Crippen LogP contribution is -1.89. The smallest absolute Gasteiger partial charge is 0.108 e. The second-order valence-electron chi connectivity index (χ2n) is 3.24. The fourth-order valence-corrected chi connectivity index (χ4v) is 2.36. The van der Waals surface area contributed by atoms with E-state index in [0.29, 0.717) is 5.02 Å². The van der Waals surface area contributed by atoms with Crippen LogP contribution in [0.15, 0.2) is 16.9 Å². The van der Waals surface area contributed by atoms with E-state index in [1.54, 1.807) is 6.33 Å². The average molecular weight is 274 g/mol. The Morgan fingerprint density at radius 2 is 2.29 bits per heavy atom. The predicted octanol–water partition coefficient (Wildman–Crippen LogP) is 3.55. The summed E-state index contributed by atoms with van der Waals surface area (Å²) in [6.07, 6.45) is 2.74. The molecule has 4 heteroatoms. The molecule has 0 N–H and O–H groups in total. The van der Waals surface area contributed by atoms with Gasteiger partial charge in [-0.05, 0) is 34.0 Å². The number of hydrogen-bond donors (Lipinski definition) is 0. The fourth-order valence-electron chi connectivity index (χ4n) is 1.51. The first kappa shape index (κ1) is 9.99. The molecule has 14 heavy (non-hydrogen) atoms. The molecule has 2 rings (SSSR count). The van der Waals surface area contributed by atoms with Crippen molar-refractivity contribution in [2.24, 2.45) is 7.05 Å². The van der Waals surface area contributed by atoms with Crippen LogP contribution in [0.1, 0.15) is 12.5 Å². The summed E-state index contributed by atoms with van der Waals surface area (Å²) in [5.41, 5.74) is 3.15. The third-order valence-corrected chi connectivity index (χ3v) is 3.86. The van der Waals surface area contributed by atoms with Gasteiger partial charge in [-0.3, -0.25) is 0 Å². The molecule has 0 atom stereocenters. The van der Waals surface area contributed by atoms with Gasteiger partial charge in [0, 0.05) is 11.5 Å². The highest BCUT2D eigenvalue weighted by molar-refractivity contribution is 9.10. The van der Waals surface area contributed by atoms with Crippen LogP contribution in [0.4, 0.5) is 0 Å². The van der Waals surface area contributed by atoms with Crippen LogP contribution in [0.2, 0.25) is 5.02 Å². The maximum Gasteiger partial charge on any atom is 0.108 e. The summed E-state index contributed by atoms with van der Waals surface area (Å²) < 4.78 is 2.94. The van der Waals surface area contributed by atoms with Crippen molar-refractivity contribution in [1.82, 2.24) is 9.55 Å². The Labute approximate surface area is 96.0 Å². The normalized spacial score (nSPS) is 11.1. The molecule has 2 aromatic rings. The van der Waals surface area contributed by atoms with E-state index in [4.69, 9.17) is 11.6 Å². The minimum atomic E-state index is 0.708. The van der Waals surface area contributed by atoms with Gasteiger partial charge in [0.25, 0.3) is 0 Å². The molecule has 74 valence electrons. The lowest BCUT2D eigenvalue weighted by atomic mass is 10.1. The van der Waals surface area contributed by atoms with Crippen LogP contribution in [0, 0.1) is 0 Å². The first-order valence-corrected chi connectivity index (χ1v) is 5.60. The molecule has 0 saturated heterocycles. The quantitative estimate of drug-likeness (QED) is 0.777. The van der Waals surface area contributed by atoms with Crippen molar-refractivity contribution < 1.29 is 0 Å². The van der Waals surface area contributed by atoms with E-state index in [1.807, 2.05) is 11.6 Å². The first-order valence-electron chi connectivity index (χ1n) is 4.43. The van der Waals surface area contributed by atoms with Crippen LogP contribution in [0.3, 0.4) is 0 Å². The Morgan fingerprint density at radius 1 is 1.57 bits per heavy atom. The number of nitrogens with zero attached hydrogens (tertiary/aromatic N) is 2. The van der Waals surface area contributed by atoms with Gasteiger partial charge in [-0.2, -0.15) is 0 Å². The number of aryl methyl sites for hydroxylation is 2. The number of aromatic nitrogens is 2. The Hall–Kier alpha value is -0.540. The molecule has 0 bridgehead atoms. The van der Waals surface area contributed by atoms with Crippen LogP contribution in [-0.2, 0) is 13.5 Å². The van der Waals surface area contributed by atoms with E-state index in [2.05, 4.69) is 33.9 Å². The zero-order chi connectivity index (χ0) is 10.3. The van der Waals surface area contributed by atoms with Gasteiger partial charge in [0.1, 0.15) is 5.52 Å². The van der Waals surface area contributed by atoms with Gasteiger partial charge in [0.2, 0.25) is 0 Å². The van der Waals surface area contributed by atoms with Crippen molar-refractivity contribution in [3.05, 3.63) is 27.5 Å². The van der Waals surface area contributed by atoms with E-state index >= 15 is 0 Å². The SMILES string of the molecule is CCc1cc2c(ncn2C)c(Cl)c1Br. The summed E-state index contributed by atoms with van der Waals surface area (Å²) in [5.74, 6) is 0. The van der Waals surface area contributed by atoms with Crippen molar-refractivity contribution in [1.29, 1.82) is 0 Å². The minimum Gasteiger partial charge on any atom is -0.334 e. The summed E-state index contributed by atoms with van der Waals surface area (Å²) in [7, 11) is 1.97. The Kier molecular flexibility index (Phi) is 2.54. The molecule has 0 aliphatic rings. The standard InChI is InChI=1S/C10H10BrClN2/c1-3-6-4-7-10(9(12)8(6)11)13-5-14(7)2/h4-5H,3H2,1-2H3. The van der Waals surface area contributed by atoms with Crippen molar-refractivity contribution in [2.45, 2.75) is 13.3 Å². The molecule has 0 aliphatic carbocycles. The lowest BCUT2D eigenvalue weighted by Gasteiger charge is -2.05. The Balaban J connectivity index is 2.87. The molecule has 0 spiro atoms. The number of hydrogen-bond acceptors (Lipinski definition) is 1. The lowest BCUT2D eigenvalue weighted by molar-refractivity contribution is 0.946. The molecule has 1 aromatic carbocycles. The van der Waals surface area contributed by atoms with E-state index in [1.165, 1.54) is 5.56 Å². The monoisotopic (exact) mass is 272 g/mol. The number of halogens is 2. The summed E-state index contributed by atoms with van der Waals surface area (Å²) >= 11 is 9.69. The van der Waals surface area contributed by atoms with Gasteiger partial charge in [0.15, 0.2) is 0 Å². The number of fused-ring (bicyclic) bond motifs is 1. The molecule has 2 nitrogen and oxygen atoms in total. The number of imidazole rings is 1. The van der Waals surface area contributed by atoms with Gasteiger partial charge in [-0.25, -0.2) is 4.98 Å². The van der Waals surface area contributed by atoms with Gasteiger partial charge in [-0.15, -0.1) is 0 Å². The van der Waals surface area contributed by atoms with Gasteiger partial charge in [-0.1, -0.05) is 18.5 Å². The maximum absolute atomic E-state index is 6.20. The Bertz CT molecular complexity index is 490. The maximum atomic E-state index is 6.20. The average Bonchev–Trinajstić information content (AvgIpc) is 2.54. The molecule has 0 fully saturated rings. The molecule has 1 aromatic heterocycles. The fraction of sp³-hybridized carbons (Fsp3) is 0.300. The highest BCUT2D eigenvalue weighted by atomic mass is 79.9. The summed E-state index contributed by atoms with van der Waals surface area (Å²) in [6, 6.07) is 2.12. The molecule has 0 aliphatic heterocycles.